The average molecular weight is 280 g/mol. The topological polar surface area (TPSA) is 59.3 Å². The molecule has 1 unspecified atom stereocenters. The molecular weight excluding hydrogens is 260 g/mol. The van der Waals surface area contributed by atoms with E-state index in [-0.39, 0.29) is 5.41 Å². The predicted molar refractivity (Wildman–Crippen MR) is 79.1 cm³/mol. The van der Waals surface area contributed by atoms with Gasteiger partial charge in [-0.2, -0.15) is 5.10 Å². The molecule has 0 aromatic carbocycles. The zero-order chi connectivity index (χ0) is 14.0. The highest BCUT2D eigenvalue weighted by molar-refractivity contribution is 7.84. The fourth-order valence-corrected chi connectivity index (χ4v) is 2.13. The van der Waals surface area contributed by atoms with Crippen LogP contribution < -0.4 is 5.32 Å². The maximum absolute atomic E-state index is 11.1. The summed E-state index contributed by atoms with van der Waals surface area (Å²) in [6, 6.07) is 2.05. The summed E-state index contributed by atoms with van der Waals surface area (Å²) < 4.78 is 12.9. The van der Waals surface area contributed by atoms with Gasteiger partial charge in [0, 0.05) is 47.2 Å². The molecule has 104 valence electrons. The van der Waals surface area contributed by atoms with E-state index < -0.39 is 10.8 Å². The highest BCUT2D eigenvalue weighted by Gasteiger charge is 2.18. The van der Waals surface area contributed by atoms with Crippen molar-refractivity contribution in [3.05, 3.63) is 24.2 Å². The molecule has 2 rings (SSSR count). The van der Waals surface area contributed by atoms with Crippen LogP contribution in [-0.2, 0) is 16.2 Å². The lowest BCUT2D eigenvalue weighted by molar-refractivity contribution is 0.562. The van der Waals surface area contributed by atoms with Gasteiger partial charge in [-0.3, -0.25) is 4.21 Å². The number of anilines is 1. The van der Waals surface area contributed by atoms with E-state index in [0.717, 1.165) is 17.0 Å². The van der Waals surface area contributed by atoms with Gasteiger partial charge in [-0.15, -0.1) is 0 Å². The monoisotopic (exact) mass is 280 g/mol. The maximum Gasteiger partial charge on any atom is 0.152 e. The first-order valence-corrected chi connectivity index (χ1v) is 7.99. The molecular formula is C13H20N4OS. The lowest BCUT2D eigenvalue weighted by atomic mass is 9.92. The van der Waals surface area contributed by atoms with E-state index in [0.29, 0.717) is 12.3 Å². The summed E-state index contributed by atoms with van der Waals surface area (Å²) in [6.45, 7) is 7.05. The first-order chi connectivity index (χ1) is 8.88. The number of nitrogens with one attached hydrogen (secondary N) is 1. The van der Waals surface area contributed by atoms with Crippen LogP contribution in [-0.4, -0.2) is 37.4 Å². The lowest BCUT2D eigenvalue weighted by Crippen LogP contribution is -2.11. The van der Waals surface area contributed by atoms with Crippen LogP contribution in [0.4, 0.5) is 5.82 Å². The molecule has 2 aromatic heterocycles. The van der Waals surface area contributed by atoms with Crippen molar-refractivity contribution in [1.82, 2.24) is 14.6 Å². The van der Waals surface area contributed by atoms with Gasteiger partial charge in [-0.25, -0.2) is 9.50 Å². The van der Waals surface area contributed by atoms with Gasteiger partial charge in [0.25, 0.3) is 0 Å². The minimum absolute atomic E-state index is 0.00814. The zero-order valence-electron chi connectivity index (χ0n) is 11.8. The largest absolute Gasteiger partial charge is 0.367 e. The first kappa shape index (κ1) is 14.0. The molecule has 1 atom stereocenters. The molecule has 0 radical (unpaired) electrons. The van der Waals surface area contributed by atoms with E-state index in [2.05, 4.69) is 42.2 Å². The van der Waals surface area contributed by atoms with Crippen LogP contribution >= 0.6 is 0 Å². The van der Waals surface area contributed by atoms with E-state index in [4.69, 9.17) is 0 Å². The normalized spacial score (nSPS) is 13.7. The Kier molecular flexibility index (Phi) is 3.89. The quantitative estimate of drug-likeness (QED) is 0.928. The fraction of sp³-hybridized carbons (Fsp3) is 0.538. The van der Waals surface area contributed by atoms with Crippen LogP contribution in [0.5, 0.6) is 0 Å². The molecule has 19 heavy (non-hydrogen) atoms. The van der Waals surface area contributed by atoms with E-state index in [1.165, 1.54) is 0 Å². The molecule has 0 bridgehead atoms. The third-order valence-corrected chi connectivity index (χ3v) is 3.62. The molecule has 0 aliphatic heterocycles. The van der Waals surface area contributed by atoms with Crippen molar-refractivity contribution in [2.75, 3.05) is 23.9 Å². The van der Waals surface area contributed by atoms with Gasteiger partial charge in [0.1, 0.15) is 5.52 Å². The van der Waals surface area contributed by atoms with Gasteiger partial charge in [-0.05, 0) is 6.07 Å². The highest BCUT2D eigenvalue weighted by Crippen LogP contribution is 2.24. The van der Waals surface area contributed by atoms with Gasteiger partial charge in [0.15, 0.2) is 5.82 Å². The highest BCUT2D eigenvalue weighted by atomic mass is 32.2. The van der Waals surface area contributed by atoms with Crippen LogP contribution in [0.15, 0.2) is 18.5 Å². The lowest BCUT2D eigenvalue weighted by Gasteiger charge is -2.13. The van der Waals surface area contributed by atoms with E-state index >= 15 is 0 Å². The Balaban J connectivity index is 2.29. The Morgan fingerprint density at radius 2 is 2.16 bits per heavy atom. The van der Waals surface area contributed by atoms with Crippen molar-refractivity contribution in [2.45, 2.75) is 26.2 Å². The second-order valence-electron chi connectivity index (χ2n) is 5.59. The number of fused-ring (bicyclic) bond motifs is 1. The molecule has 0 saturated heterocycles. The molecule has 6 heteroatoms. The molecule has 0 fully saturated rings. The molecule has 0 aliphatic rings. The van der Waals surface area contributed by atoms with Crippen LogP contribution in [0, 0.1) is 0 Å². The molecule has 5 nitrogen and oxygen atoms in total. The third-order valence-electron chi connectivity index (χ3n) is 2.84. The number of hydrogen-bond donors (Lipinski definition) is 1. The summed E-state index contributed by atoms with van der Waals surface area (Å²) in [5.74, 6) is 1.40. The Labute approximate surface area is 115 Å². The Morgan fingerprint density at radius 3 is 2.79 bits per heavy atom. The average Bonchev–Trinajstić information content (AvgIpc) is 2.72. The number of rotatable bonds is 4. The summed E-state index contributed by atoms with van der Waals surface area (Å²) >= 11 is 0. The molecule has 2 aromatic rings. The van der Waals surface area contributed by atoms with Gasteiger partial charge in [-0.1, -0.05) is 20.8 Å². The first-order valence-electron chi connectivity index (χ1n) is 6.27. The van der Waals surface area contributed by atoms with Gasteiger partial charge >= 0.3 is 0 Å². The minimum Gasteiger partial charge on any atom is -0.367 e. The Morgan fingerprint density at radius 1 is 1.42 bits per heavy atom. The van der Waals surface area contributed by atoms with Crippen molar-refractivity contribution in [3.63, 3.8) is 0 Å². The summed E-state index contributed by atoms with van der Waals surface area (Å²) in [7, 11) is -0.795. The fourth-order valence-electron chi connectivity index (χ4n) is 1.74. The molecule has 0 aliphatic carbocycles. The SMILES string of the molecule is CS(=O)CCNc1nccn2nc(C(C)(C)C)cc12. The maximum atomic E-state index is 11.1. The summed E-state index contributed by atoms with van der Waals surface area (Å²) in [4.78, 5) is 4.33. The van der Waals surface area contributed by atoms with Crippen LogP contribution in [0.3, 0.4) is 0 Å². The zero-order valence-corrected chi connectivity index (χ0v) is 12.6. The van der Waals surface area contributed by atoms with E-state index in [1.807, 2.05) is 10.7 Å². The van der Waals surface area contributed by atoms with Crippen LogP contribution in [0.2, 0.25) is 0 Å². The molecule has 2 heterocycles. The van der Waals surface area contributed by atoms with Crippen molar-refractivity contribution >= 4 is 22.1 Å². The minimum atomic E-state index is -0.795. The molecule has 0 saturated carbocycles. The third kappa shape index (κ3) is 3.32. The Bertz CT molecular complexity index is 600. The van der Waals surface area contributed by atoms with Gasteiger partial charge < -0.3 is 5.32 Å². The predicted octanol–water partition coefficient (Wildman–Crippen LogP) is 1.82. The standard InChI is InChI=1S/C13H20N4OS/c1-13(2,3)11-9-10-12(15-6-8-19(4)18)14-5-7-17(10)16-11/h5,7,9H,6,8H2,1-4H3,(H,14,15). The van der Waals surface area contributed by atoms with Crippen LogP contribution in [0.25, 0.3) is 5.52 Å². The molecule has 0 amide bonds. The number of nitrogens with zero attached hydrogens (tertiary/aromatic N) is 3. The smallest absolute Gasteiger partial charge is 0.152 e. The van der Waals surface area contributed by atoms with Crippen molar-refractivity contribution in [3.8, 4) is 0 Å². The molecule has 0 spiro atoms. The van der Waals surface area contributed by atoms with Gasteiger partial charge in [0.05, 0.1) is 5.69 Å². The second-order valence-corrected chi connectivity index (χ2v) is 7.14. The van der Waals surface area contributed by atoms with Crippen LogP contribution in [0.1, 0.15) is 26.5 Å². The second kappa shape index (κ2) is 5.28. The van der Waals surface area contributed by atoms with Gasteiger partial charge in [0.2, 0.25) is 0 Å². The van der Waals surface area contributed by atoms with E-state index in [9.17, 15) is 4.21 Å². The summed E-state index contributed by atoms with van der Waals surface area (Å²) in [5.41, 5.74) is 1.99. The van der Waals surface area contributed by atoms with Crippen molar-refractivity contribution < 1.29 is 4.21 Å². The summed E-state index contributed by atoms with van der Waals surface area (Å²) in [5, 5.41) is 7.78. The number of aromatic nitrogens is 3. The van der Waals surface area contributed by atoms with Crippen molar-refractivity contribution in [2.24, 2.45) is 0 Å². The van der Waals surface area contributed by atoms with Crippen molar-refractivity contribution in [1.29, 1.82) is 0 Å². The molecule has 1 N–H and O–H groups in total. The van der Waals surface area contributed by atoms with E-state index in [1.54, 1.807) is 12.5 Å². The summed E-state index contributed by atoms with van der Waals surface area (Å²) in [6.07, 6.45) is 5.26. The Hall–Kier alpha value is -1.43. The number of hydrogen-bond acceptors (Lipinski definition) is 4.